The third-order valence-electron chi connectivity index (χ3n) is 3.73. The molecule has 1 N–H and O–H groups in total. The second kappa shape index (κ2) is 9.10. The SMILES string of the molecule is C[N+](C)(CCO)CCC[Si]C([Si](C)(C)C)[Si](C)(C)C.[Cl-]. The van der Waals surface area contributed by atoms with Crippen LogP contribution < -0.4 is 12.4 Å². The molecule has 0 atom stereocenters. The molecule has 0 aromatic rings. The van der Waals surface area contributed by atoms with Gasteiger partial charge in [0.25, 0.3) is 0 Å². The summed E-state index contributed by atoms with van der Waals surface area (Å²) in [6.45, 7) is 17.7. The Hall–Kier alpha value is 0.861. The first-order valence-corrected chi connectivity index (χ1v) is 16.0. The Bertz CT molecular complexity index is 248. The van der Waals surface area contributed by atoms with E-state index in [0.717, 1.165) is 15.8 Å². The molecule has 0 aliphatic carbocycles. The summed E-state index contributed by atoms with van der Waals surface area (Å²) in [7, 11) is 3.62. The highest BCUT2D eigenvalue weighted by Gasteiger charge is 2.37. The lowest BCUT2D eigenvalue weighted by Gasteiger charge is -2.38. The number of hydrogen-bond donors (Lipinski definition) is 1. The zero-order valence-electron chi connectivity index (χ0n) is 14.9. The molecule has 0 amide bonds. The molecule has 20 heavy (non-hydrogen) atoms. The molecule has 0 aromatic heterocycles. The van der Waals surface area contributed by atoms with Gasteiger partial charge in [0, 0.05) is 25.7 Å². The molecule has 0 spiro atoms. The number of aliphatic hydroxyl groups excluding tert-OH is 1. The van der Waals surface area contributed by atoms with E-state index in [1.54, 1.807) is 0 Å². The first-order chi connectivity index (χ1) is 8.40. The molecule has 0 fully saturated rings. The van der Waals surface area contributed by atoms with Crippen molar-refractivity contribution in [2.75, 3.05) is 33.8 Å². The minimum atomic E-state index is -1.00. The number of nitrogens with zero attached hydrogens (tertiary/aromatic N) is 1. The van der Waals surface area contributed by atoms with E-state index >= 15 is 0 Å². The van der Waals surface area contributed by atoms with Crippen LogP contribution in [-0.2, 0) is 0 Å². The smallest absolute Gasteiger partial charge is 0.102 e. The molecule has 0 heterocycles. The van der Waals surface area contributed by atoms with E-state index in [-0.39, 0.29) is 12.4 Å². The lowest BCUT2D eigenvalue weighted by atomic mass is 10.4. The van der Waals surface area contributed by atoms with Gasteiger partial charge in [-0.25, -0.2) is 0 Å². The maximum Gasteiger partial charge on any atom is 0.102 e. The van der Waals surface area contributed by atoms with Crippen LogP contribution in [0.15, 0.2) is 0 Å². The summed E-state index contributed by atoms with van der Waals surface area (Å²) in [5.74, 6) is 0. The predicted molar refractivity (Wildman–Crippen MR) is 94.5 cm³/mol. The van der Waals surface area contributed by atoms with E-state index in [1.807, 2.05) is 0 Å². The summed E-state index contributed by atoms with van der Waals surface area (Å²) < 4.78 is 0.964. The Balaban J connectivity index is 0. The monoisotopic (exact) mass is 353 g/mol. The quantitative estimate of drug-likeness (QED) is 0.354. The first-order valence-electron chi connectivity index (χ1n) is 7.56. The molecule has 122 valence electrons. The molecule has 0 aliphatic heterocycles. The highest BCUT2D eigenvalue weighted by molar-refractivity contribution is 7.04. The molecule has 0 rings (SSSR count). The lowest BCUT2D eigenvalue weighted by Crippen LogP contribution is -3.00. The van der Waals surface area contributed by atoms with Crippen LogP contribution in [-0.4, -0.2) is 69.0 Å². The van der Waals surface area contributed by atoms with Crippen LogP contribution >= 0.6 is 0 Å². The second-order valence-electron chi connectivity index (χ2n) is 8.58. The summed E-state index contributed by atoms with van der Waals surface area (Å²) in [5.41, 5.74) is 0. The summed E-state index contributed by atoms with van der Waals surface area (Å²) in [5, 5.41) is 9.06. The number of hydrogen-bond acceptors (Lipinski definition) is 1. The summed E-state index contributed by atoms with van der Waals surface area (Å²) in [6.07, 6.45) is 1.32. The lowest BCUT2D eigenvalue weighted by molar-refractivity contribution is -0.890. The van der Waals surface area contributed by atoms with Gasteiger partial charge in [0.15, 0.2) is 0 Å². The molecule has 0 aromatic carbocycles. The minimum Gasteiger partial charge on any atom is -1.00 e. The second-order valence-corrected chi connectivity index (χ2v) is 22.4. The maximum absolute atomic E-state index is 9.06. The fourth-order valence-corrected chi connectivity index (χ4v) is 19.9. The van der Waals surface area contributed by atoms with Gasteiger partial charge in [0.2, 0.25) is 0 Å². The van der Waals surface area contributed by atoms with Gasteiger partial charge in [0.05, 0.1) is 27.2 Å². The van der Waals surface area contributed by atoms with E-state index < -0.39 is 16.1 Å². The molecular formula is C14H36ClNOSi3. The molecule has 6 heteroatoms. The number of rotatable bonds is 9. The van der Waals surface area contributed by atoms with Crippen molar-refractivity contribution in [1.29, 1.82) is 0 Å². The maximum atomic E-state index is 9.06. The van der Waals surface area contributed by atoms with Crippen LogP contribution in [0.3, 0.4) is 0 Å². The van der Waals surface area contributed by atoms with Crippen molar-refractivity contribution in [2.24, 2.45) is 0 Å². The van der Waals surface area contributed by atoms with Crippen LogP contribution in [0.4, 0.5) is 0 Å². The first kappa shape index (κ1) is 23.1. The number of aliphatic hydroxyl groups is 1. The predicted octanol–water partition coefficient (Wildman–Crippen LogP) is 0.115. The minimum absolute atomic E-state index is 0. The average molecular weight is 354 g/mol. The van der Waals surface area contributed by atoms with Crippen molar-refractivity contribution in [3.63, 3.8) is 0 Å². The highest BCUT2D eigenvalue weighted by Crippen LogP contribution is 2.32. The Morgan fingerprint density at radius 2 is 1.40 bits per heavy atom. The molecule has 2 radical (unpaired) electrons. The van der Waals surface area contributed by atoms with Crippen LogP contribution in [0.25, 0.3) is 0 Å². The number of quaternary nitrogens is 1. The van der Waals surface area contributed by atoms with Crippen LogP contribution in [0.5, 0.6) is 0 Å². The van der Waals surface area contributed by atoms with E-state index in [4.69, 9.17) is 5.11 Å². The Morgan fingerprint density at radius 1 is 0.950 bits per heavy atom. The zero-order chi connectivity index (χ0) is 15.3. The normalized spacial score (nSPS) is 13.5. The largest absolute Gasteiger partial charge is 1.00 e. The highest BCUT2D eigenvalue weighted by atomic mass is 35.5. The number of halogens is 1. The number of likely N-dealkylation sites (N-methyl/N-ethyl adjacent to an activating group) is 1. The van der Waals surface area contributed by atoms with Crippen molar-refractivity contribution in [1.82, 2.24) is 0 Å². The van der Waals surface area contributed by atoms with Crippen LogP contribution in [0.1, 0.15) is 6.42 Å². The van der Waals surface area contributed by atoms with Gasteiger partial charge in [-0.2, -0.15) is 0 Å². The van der Waals surface area contributed by atoms with Crippen LogP contribution in [0, 0.1) is 0 Å². The third kappa shape index (κ3) is 9.73. The topological polar surface area (TPSA) is 20.2 Å². The van der Waals surface area contributed by atoms with E-state index in [9.17, 15) is 0 Å². The van der Waals surface area contributed by atoms with Gasteiger partial charge in [-0.05, 0) is 6.42 Å². The fourth-order valence-electron chi connectivity index (χ4n) is 3.05. The van der Waals surface area contributed by atoms with Crippen molar-refractivity contribution in [3.05, 3.63) is 0 Å². The molecule has 0 aliphatic rings. The molecule has 0 saturated heterocycles. The third-order valence-corrected chi connectivity index (χ3v) is 19.9. The molecule has 0 bridgehead atoms. The van der Waals surface area contributed by atoms with E-state index in [0.29, 0.717) is 6.61 Å². The summed E-state index contributed by atoms with van der Waals surface area (Å²) in [4.78, 5) is 1.06. The summed E-state index contributed by atoms with van der Waals surface area (Å²) >= 11 is 0. The molecular weight excluding hydrogens is 318 g/mol. The van der Waals surface area contributed by atoms with Gasteiger partial charge in [-0.1, -0.05) is 50.1 Å². The van der Waals surface area contributed by atoms with Crippen molar-refractivity contribution in [2.45, 2.75) is 56.5 Å². The summed E-state index contributed by atoms with van der Waals surface area (Å²) in [6, 6.07) is 1.40. The van der Waals surface area contributed by atoms with E-state index in [2.05, 4.69) is 53.4 Å². The molecule has 0 saturated carbocycles. The van der Waals surface area contributed by atoms with Gasteiger partial charge in [0.1, 0.15) is 6.54 Å². The van der Waals surface area contributed by atoms with Crippen molar-refractivity contribution < 1.29 is 22.0 Å². The Kier molecular flexibility index (Phi) is 10.5. The van der Waals surface area contributed by atoms with Crippen molar-refractivity contribution in [3.8, 4) is 0 Å². The zero-order valence-corrected chi connectivity index (χ0v) is 18.6. The van der Waals surface area contributed by atoms with Crippen molar-refractivity contribution >= 4 is 25.7 Å². The van der Waals surface area contributed by atoms with Gasteiger partial charge < -0.3 is 22.0 Å². The molecule has 0 unspecified atom stereocenters. The Morgan fingerprint density at radius 3 is 1.75 bits per heavy atom. The van der Waals surface area contributed by atoms with Gasteiger partial charge in [-0.3, -0.25) is 0 Å². The standard InChI is InChI=1S/C14H36NOSi3.ClH/c1-15(2,11-12-16)10-9-13-17-14(18(3,4)5)19(6,7)8;/h14,16H,9-13H2,1-8H3;1H/q+1;/p-1. The van der Waals surface area contributed by atoms with Gasteiger partial charge in [-0.15, -0.1) is 0 Å². The van der Waals surface area contributed by atoms with Gasteiger partial charge >= 0.3 is 0 Å². The fraction of sp³-hybridized carbons (Fsp3) is 1.00. The molecule has 2 nitrogen and oxygen atoms in total. The van der Waals surface area contributed by atoms with E-state index in [1.165, 1.54) is 28.5 Å². The van der Waals surface area contributed by atoms with Crippen LogP contribution in [0.2, 0.25) is 50.1 Å². The average Bonchev–Trinajstić information content (AvgIpc) is 2.12. The Labute approximate surface area is 138 Å².